The van der Waals surface area contributed by atoms with E-state index in [4.69, 9.17) is 0 Å². The zero-order chi connectivity index (χ0) is 13.2. The maximum absolute atomic E-state index is 12.4. The van der Waals surface area contributed by atoms with Crippen molar-refractivity contribution in [3.05, 3.63) is 39.4 Å². The van der Waals surface area contributed by atoms with Crippen LogP contribution in [-0.2, 0) is 6.54 Å². The van der Waals surface area contributed by atoms with Crippen molar-refractivity contribution in [2.45, 2.75) is 31.8 Å². The number of piperidine rings is 1. The van der Waals surface area contributed by atoms with Crippen LogP contribution in [0.15, 0.2) is 33.8 Å². The van der Waals surface area contributed by atoms with Gasteiger partial charge in [0.25, 0.3) is 5.56 Å². The number of rotatable bonds is 2. The number of aromatic nitrogens is 2. The molecule has 2 aromatic rings. The van der Waals surface area contributed by atoms with Crippen LogP contribution in [0, 0.1) is 0 Å². The topological polar surface area (TPSA) is 46.9 Å². The van der Waals surface area contributed by atoms with Crippen LogP contribution in [0.5, 0.6) is 0 Å². The smallest absolute Gasteiger partial charge is 0.261 e. The highest BCUT2D eigenvalue weighted by molar-refractivity contribution is 9.10. The first-order chi connectivity index (χ1) is 9.24. The summed E-state index contributed by atoms with van der Waals surface area (Å²) in [6, 6.07) is 6.00. The summed E-state index contributed by atoms with van der Waals surface area (Å²) < 4.78 is 2.63. The fraction of sp³-hybridized carbons (Fsp3) is 0.429. The second kappa shape index (κ2) is 5.43. The molecule has 0 bridgehead atoms. The maximum Gasteiger partial charge on any atom is 0.261 e. The lowest BCUT2D eigenvalue weighted by atomic mass is 10.1. The maximum atomic E-state index is 12.4. The van der Waals surface area contributed by atoms with Crippen LogP contribution in [0.4, 0.5) is 0 Å². The molecule has 100 valence electrons. The Morgan fingerprint density at radius 2 is 2.32 bits per heavy atom. The van der Waals surface area contributed by atoms with Gasteiger partial charge >= 0.3 is 0 Å². The Balaban J connectivity index is 1.95. The predicted molar refractivity (Wildman–Crippen MR) is 79.3 cm³/mol. The Morgan fingerprint density at radius 3 is 3.11 bits per heavy atom. The standard InChI is InChI=1S/C14H16BrN3O/c15-10-4-5-13-12(7-10)14(19)18(9-17-13)8-11-3-1-2-6-16-11/h4-5,7,9,11,16H,1-3,6,8H2. The third-order valence-corrected chi connectivity index (χ3v) is 4.11. The molecule has 3 rings (SSSR count). The second-order valence-electron chi connectivity index (χ2n) is 5.01. The van der Waals surface area contributed by atoms with Crippen molar-refractivity contribution in [3.8, 4) is 0 Å². The Bertz CT molecular complexity index is 647. The highest BCUT2D eigenvalue weighted by atomic mass is 79.9. The molecular formula is C14H16BrN3O. The van der Waals surface area contributed by atoms with Gasteiger partial charge in [0.05, 0.1) is 17.2 Å². The zero-order valence-electron chi connectivity index (χ0n) is 10.6. The van der Waals surface area contributed by atoms with E-state index < -0.39 is 0 Å². The van der Waals surface area contributed by atoms with Gasteiger partial charge in [-0.2, -0.15) is 0 Å². The number of fused-ring (bicyclic) bond motifs is 1. The van der Waals surface area contributed by atoms with E-state index in [9.17, 15) is 4.79 Å². The molecule has 0 saturated carbocycles. The molecular weight excluding hydrogens is 306 g/mol. The Kier molecular flexibility index (Phi) is 3.66. The minimum absolute atomic E-state index is 0.0404. The van der Waals surface area contributed by atoms with Gasteiger partial charge in [-0.15, -0.1) is 0 Å². The van der Waals surface area contributed by atoms with E-state index in [1.54, 1.807) is 10.9 Å². The van der Waals surface area contributed by atoms with Gasteiger partial charge in [0.15, 0.2) is 0 Å². The van der Waals surface area contributed by atoms with Gasteiger partial charge in [-0.05, 0) is 37.6 Å². The van der Waals surface area contributed by atoms with E-state index >= 15 is 0 Å². The third-order valence-electron chi connectivity index (χ3n) is 3.62. The number of nitrogens with one attached hydrogen (secondary N) is 1. The molecule has 1 N–H and O–H groups in total. The molecule has 1 aliphatic heterocycles. The number of halogens is 1. The lowest BCUT2D eigenvalue weighted by Crippen LogP contribution is -2.39. The molecule has 0 amide bonds. The monoisotopic (exact) mass is 321 g/mol. The molecule has 1 aromatic carbocycles. The molecule has 2 heterocycles. The molecule has 1 aliphatic rings. The lowest BCUT2D eigenvalue weighted by molar-refractivity contribution is 0.359. The third kappa shape index (κ3) is 2.72. The second-order valence-corrected chi connectivity index (χ2v) is 5.93. The summed E-state index contributed by atoms with van der Waals surface area (Å²) in [5.41, 5.74) is 0.791. The molecule has 1 aromatic heterocycles. The summed E-state index contributed by atoms with van der Waals surface area (Å²) in [6.45, 7) is 1.75. The van der Waals surface area contributed by atoms with E-state index in [-0.39, 0.29) is 5.56 Å². The van der Waals surface area contributed by atoms with Crippen molar-refractivity contribution >= 4 is 26.8 Å². The van der Waals surface area contributed by atoms with Gasteiger partial charge in [-0.25, -0.2) is 4.98 Å². The molecule has 1 saturated heterocycles. The van der Waals surface area contributed by atoms with Crippen molar-refractivity contribution in [1.82, 2.24) is 14.9 Å². The normalized spacial score (nSPS) is 19.7. The summed E-state index contributed by atoms with van der Waals surface area (Å²) in [5, 5.41) is 4.13. The van der Waals surface area contributed by atoms with E-state index in [0.29, 0.717) is 18.0 Å². The van der Waals surface area contributed by atoms with Crippen LogP contribution in [0.1, 0.15) is 19.3 Å². The molecule has 0 spiro atoms. The summed E-state index contributed by atoms with van der Waals surface area (Å²) in [6.07, 6.45) is 5.26. The van der Waals surface area contributed by atoms with E-state index in [1.165, 1.54) is 12.8 Å². The minimum atomic E-state index is 0.0404. The number of benzene rings is 1. The van der Waals surface area contributed by atoms with Crippen LogP contribution < -0.4 is 10.9 Å². The summed E-state index contributed by atoms with van der Waals surface area (Å²) in [4.78, 5) is 16.8. The Morgan fingerprint density at radius 1 is 1.42 bits per heavy atom. The van der Waals surface area contributed by atoms with E-state index in [2.05, 4.69) is 26.2 Å². The fourth-order valence-electron chi connectivity index (χ4n) is 2.58. The van der Waals surface area contributed by atoms with Crippen molar-refractivity contribution < 1.29 is 0 Å². The first-order valence-electron chi connectivity index (χ1n) is 6.62. The van der Waals surface area contributed by atoms with Gasteiger partial charge in [-0.1, -0.05) is 22.4 Å². The molecule has 0 aliphatic carbocycles. The Hall–Kier alpha value is -1.20. The molecule has 19 heavy (non-hydrogen) atoms. The van der Waals surface area contributed by atoms with Gasteiger partial charge in [0, 0.05) is 17.1 Å². The van der Waals surface area contributed by atoms with Gasteiger partial charge in [0.1, 0.15) is 0 Å². The zero-order valence-corrected chi connectivity index (χ0v) is 12.2. The summed E-state index contributed by atoms with van der Waals surface area (Å²) in [5.74, 6) is 0. The Labute approximate surface area is 120 Å². The fourth-order valence-corrected chi connectivity index (χ4v) is 2.94. The van der Waals surface area contributed by atoms with Crippen molar-refractivity contribution in [3.63, 3.8) is 0 Å². The van der Waals surface area contributed by atoms with Crippen LogP contribution in [0.2, 0.25) is 0 Å². The van der Waals surface area contributed by atoms with Crippen LogP contribution in [0.25, 0.3) is 10.9 Å². The molecule has 4 nitrogen and oxygen atoms in total. The molecule has 1 fully saturated rings. The van der Waals surface area contributed by atoms with E-state index in [1.807, 2.05) is 18.2 Å². The first kappa shape index (κ1) is 12.8. The molecule has 0 radical (unpaired) electrons. The molecule has 1 atom stereocenters. The predicted octanol–water partition coefficient (Wildman–Crippen LogP) is 2.30. The minimum Gasteiger partial charge on any atom is -0.312 e. The SMILES string of the molecule is O=c1c2cc(Br)ccc2ncn1CC1CCCCN1. The van der Waals surface area contributed by atoms with Crippen molar-refractivity contribution in [1.29, 1.82) is 0 Å². The van der Waals surface area contributed by atoms with E-state index in [0.717, 1.165) is 23.0 Å². The molecule has 5 heteroatoms. The highest BCUT2D eigenvalue weighted by Gasteiger charge is 2.14. The van der Waals surface area contributed by atoms with Gasteiger partial charge in [-0.3, -0.25) is 9.36 Å². The van der Waals surface area contributed by atoms with Gasteiger partial charge in [0.2, 0.25) is 0 Å². The largest absolute Gasteiger partial charge is 0.312 e. The average Bonchev–Trinajstić information content (AvgIpc) is 2.44. The van der Waals surface area contributed by atoms with Crippen LogP contribution >= 0.6 is 15.9 Å². The van der Waals surface area contributed by atoms with Crippen LogP contribution in [-0.4, -0.2) is 22.1 Å². The summed E-state index contributed by atoms with van der Waals surface area (Å²) in [7, 11) is 0. The highest BCUT2D eigenvalue weighted by Crippen LogP contribution is 2.15. The quantitative estimate of drug-likeness (QED) is 0.923. The summed E-state index contributed by atoms with van der Waals surface area (Å²) >= 11 is 3.40. The average molecular weight is 322 g/mol. The van der Waals surface area contributed by atoms with Crippen molar-refractivity contribution in [2.24, 2.45) is 0 Å². The van der Waals surface area contributed by atoms with Crippen LogP contribution in [0.3, 0.4) is 0 Å². The number of hydrogen-bond donors (Lipinski definition) is 1. The van der Waals surface area contributed by atoms with Gasteiger partial charge < -0.3 is 5.32 Å². The lowest BCUT2D eigenvalue weighted by Gasteiger charge is -2.23. The number of nitrogens with zero attached hydrogens (tertiary/aromatic N) is 2. The van der Waals surface area contributed by atoms with Crippen molar-refractivity contribution in [2.75, 3.05) is 6.54 Å². The molecule has 1 unspecified atom stereocenters. The first-order valence-corrected chi connectivity index (χ1v) is 7.41. The number of hydrogen-bond acceptors (Lipinski definition) is 3.